The van der Waals surface area contributed by atoms with Gasteiger partial charge in [0.1, 0.15) is 38.3 Å². The normalized spacial score (nSPS) is 34.8. The zero-order valence-corrected chi connectivity index (χ0v) is 36.5. The van der Waals surface area contributed by atoms with Crippen molar-refractivity contribution in [3.8, 4) is 0 Å². The van der Waals surface area contributed by atoms with Crippen LogP contribution in [0.25, 0.3) is 31.3 Å². The van der Waals surface area contributed by atoms with Gasteiger partial charge in [0.25, 0.3) is 0 Å². The highest BCUT2D eigenvalue weighted by Gasteiger charge is 2.48. The fourth-order valence-electron chi connectivity index (χ4n) is 8.53. The molecule has 2 aliphatic heterocycles. The first-order chi connectivity index (χ1) is 32.2. The number of ether oxygens (including phenoxy) is 5. The number of azide groups is 3. The third-order valence-electron chi connectivity index (χ3n) is 12.3. The van der Waals surface area contributed by atoms with Gasteiger partial charge in [-0.2, -0.15) is 0 Å². The number of nitrogens with two attached hydrogens (primary N) is 4. The molecule has 0 spiro atoms. The number of carbonyl (C=O) groups excluding carboxylic acids is 1. The molecule has 4 fully saturated rings. The van der Waals surface area contributed by atoms with Gasteiger partial charge in [-0.1, -0.05) is 76.0 Å². The Morgan fingerprint density at radius 1 is 0.687 bits per heavy atom. The van der Waals surface area contributed by atoms with Crippen molar-refractivity contribution in [3.63, 3.8) is 0 Å². The average Bonchev–Trinajstić information content (AvgIpc) is 3.33. The summed E-state index contributed by atoms with van der Waals surface area (Å²) in [6, 6.07) is 11.3. The molecule has 2 aromatic rings. The number of aliphatic hydroxyl groups excluding tert-OH is 4. The van der Waals surface area contributed by atoms with Gasteiger partial charge in [-0.25, -0.2) is 13.6 Å². The van der Waals surface area contributed by atoms with Gasteiger partial charge < -0.3 is 67.0 Å². The number of aliphatic hydroxyl groups is 4. The van der Waals surface area contributed by atoms with Crippen molar-refractivity contribution in [1.29, 1.82) is 0 Å². The SMILES string of the molecule is N[C@@H]1CC[C@@H]([C@H](N)CF)O[C@@H]1O[C@H]1[C@H](O)[C@@H](O)[C@H](N)C[C@@H]1N.[N-]=[N+]=N[C@H]1C[C@@H](N=[N+]=[N-])[C@H](O)[C@@H](O)[C@@H]1O[C@H]1O[C@H]([C@@H](CF)N(Cc2ccccc2)C(=O)OCc2ccccc2)CC[C@H]1N=[N+]=[N-]. The molecule has 18 atom stereocenters. The van der Waals surface area contributed by atoms with E-state index in [1.54, 1.807) is 48.5 Å². The summed E-state index contributed by atoms with van der Waals surface area (Å²) in [5.41, 5.74) is 51.8. The maximum Gasteiger partial charge on any atom is 0.410 e. The summed E-state index contributed by atoms with van der Waals surface area (Å²) in [6.45, 7) is -1.76. The first kappa shape index (κ1) is 53.0. The molecule has 2 aromatic carbocycles. The Hall–Kier alpha value is -4.98. The van der Waals surface area contributed by atoms with Crippen LogP contribution in [-0.4, -0.2) is 155 Å². The number of rotatable bonds is 16. The maximum atomic E-state index is 14.9. The standard InChI is InChI=1S/C28H33FN10O6.C13H27FN4O4/c29-14-22(39(15-17-7-3-1-4-8-17)28(42)43-16-18-9-5-2-6-10-18)23-12-11-19(33-36-30)27(44-23)45-26-21(35-38-32)13-20(34-37-31)24(40)25(26)41;14-4-8(18)9-2-1-5(15)13(21-9)22-12-7(17)3-6(16)10(19)11(12)20/h1-10,19-27,40-41H,11-16H2;5-13,19-20H,1-4,15-18H2/t19-,20-,21+,22-,23+,24+,25-,26-,27-;5-,6-,7+,8-,9+,10+,11-,12-,13-/m11/s1. The van der Waals surface area contributed by atoms with Crippen molar-refractivity contribution in [1.82, 2.24) is 4.90 Å². The smallest absolute Gasteiger partial charge is 0.410 e. The summed E-state index contributed by atoms with van der Waals surface area (Å²) in [7, 11) is 0. The molecule has 2 aliphatic carbocycles. The lowest BCUT2D eigenvalue weighted by Crippen LogP contribution is -2.64. The minimum atomic E-state index is -1.68. The van der Waals surface area contributed by atoms with Gasteiger partial charge in [-0.15, -0.1) is 0 Å². The lowest BCUT2D eigenvalue weighted by Gasteiger charge is -2.45. The molecule has 2 saturated heterocycles. The molecule has 0 aromatic heterocycles. The highest BCUT2D eigenvalue weighted by atomic mass is 19.1. The van der Waals surface area contributed by atoms with Crippen LogP contribution >= 0.6 is 0 Å². The van der Waals surface area contributed by atoms with Crippen LogP contribution in [-0.2, 0) is 36.8 Å². The minimum absolute atomic E-state index is 0.00149. The monoisotopic (exact) mass is 946 g/mol. The van der Waals surface area contributed by atoms with E-state index in [9.17, 15) is 39.5 Å². The van der Waals surface area contributed by atoms with E-state index in [2.05, 4.69) is 30.1 Å². The molecular formula is C41H60F2N14O10. The summed E-state index contributed by atoms with van der Waals surface area (Å²) in [5, 5.41) is 52.2. The average molecular weight is 947 g/mol. The molecule has 2 heterocycles. The fourth-order valence-corrected chi connectivity index (χ4v) is 8.53. The molecule has 368 valence electrons. The molecule has 1 amide bonds. The number of benzene rings is 2. The van der Waals surface area contributed by atoms with Crippen molar-refractivity contribution < 1.29 is 57.7 Å². The highest BCUT2D eigenvalue weighted by molar-refractivity contribution is 5.68. The lowest BCUT2D eigenvalue weighted by atomic mass is 9.84. The van der Waals surface area contributed by atoms with Crippen LogP contribution in [0.2, 0.25) is 0 Å². The van der Waals surface area contributed by atoms with Gasteiger partial charge in [-0.05, 0) is 66.2 Å². The topological polar surface area (TPSA) is 398 Å². The Balaban J connectivity index is 0.000000319. The predicted molar refractivity (Wildman–Crippen MR) is 234 cm³/mol. The van der Waals surface area contributed by atoms with Crippen LogP contribution in [0.15, 0.2) is 76.0 Å². The van der Waals surface area contributed by atoms with Crippen molar-refractivity contribution >= 4 is 6.09 Å². The van der Waals surface area contributed by atoms with E-state index >= 15 is 0 Å². The van der Waals surface area contributed by atoms with E-state index in [4.69, 9.17) is 57.7 Å². The minimum Gasteiger partial charge on any atom is -0.445 e. The molecule has 24 nitrogen and oxygen atoms in total. The Morgan fingerprint density at radius 2 is 1.25 bits per heavy atom. The van der Waals surface area contributed by atoms with E-state index in [1.165, 1.54) is 4.90 Å². The van der Waals surface area contributed by atoms with Gasteiger partial charge >= 0.3 is 6.09 Å². The molecule has 0 unspecified atom stereocenters. The number of alkyl halides is 2. The first-order valence-corrected chi connectivity index (χ1v) is 21.9. The zero-order chi connectivity index (χ0) is 48.6. The Labute approximate surface area is 384 Å². The van der Waals surface area contributed by atoms with E-state index in [0.29, 0.717) is 24.8 Å². The molecule has 0 radical (unpaired) electrons. The van der Waals surface area contributed by atoms with Crippen molar-refractivity contribution in [3.05, 3.63) is 103 Å². The van der Waals surface area contributed by atoms with Gasteiger partial charge in [0, 0.05) is 33.4 Å². The van der Waals surface area contributed by atoms with Gasteiger partial charge in [0.2, 0.25) is 0 Å². The molecule has 2 saturated carbocycles. The second-order valence-corrected chi connectivity index (χ2v) is 16.9. The van der Waals surface area contributed by atoms with Gasteiger partial charge in [-0.3, -0.25) is 4.90 Å². The molecule has 0 bridgehead atoms. The third kappa shape index (κ3) is 14.0. The van der Waals surface area contributed by atoms with E-state index in [-0.39, 0.29) is 32.4 Å². The van der Waals surface area contributed by atoms with Crippen LogP contribution in [0.3, 0.4) is 0 Å². The van der Waals surface area contributed by atoms with Crippen LogP contribution in [0, 0.1) is 0 Å². The molecule has 4 aliphatic rings. The number of hydrogen-bond acceptors (Lipinski definition) is 17. The van der Waals surface area contributed by atoms with Crippen molar-refractivity contribution in [2.45, 2.75) is 161 Å². The Morgan fingerprint density at radius 3 is 1.88 bits per heavy atom. The number of amides is 1. The second-order valence-electron chi connectivity index (χ2n) is 16.9. The van der Waals surface area contributed by atoms with Gasteiger partial charge in [0.05, 0.1) is 66.8 Å². The fraction of sp³-hybridized carbons (Fsp3) is 0.683. The summed E-state index contributed by atoms with van der Waals surface area (Å²) < 4.78 is 56.6. The number of nitrogens with zero attached hydrogens (tertiary/aromatic N) is 10. The summed E-state index contributed by atoms with van der Waals surface area (Å²) in [5.74, 6) is 0. The third-order valence-corrected chi connectivity index (χ3v) is 12.3. The lowest BCUT2D eigenvalue weighted by molar-refractivity contribution is -0.260. The molecule has 6 rings (SSSR count). The molecule has 12 N–H and O–H groups in total. The Kier molecular flexibility index (Phi) is 20.5. The van der Waals surface area contributed by atoms with E-state index < -0.39 is 129 Å². The van der Waals surface area contributed by atoms with E-state index in [0.717, 1.165) is 5.56 Å². The molecular weight excluding hydrogens is 887 g/mol. The van der Waals surface area contributed by atoms with Crippen LogP contribution in [0.1, 0.15) is 49.7 Å². The van der Waals surface area contributed by atoms with Crippen molar-refractivity contribution in [2.24, 2.45) is 38.3 Å². The van der Waals surface area contributed by atoms with Gasteiger partial charge in [0.15, 0.2) is 12.6 Å². The van der Waals surface area contributed by atoms with Crippen LogP contribution in [0.5, 0.6) is 0 Å². The largest absolute Gasteiger partial charge is 0.445 e. The first-order valence-electron chi connectivity index (χ1n) is 21.9. The Bertz CT molecular complexity index is 1990. The zero-order valence-electron chi connectivity index (χ0n) is 36.5. The molecule has 26 heteroatoms. The summed E-state index contributed by atoms with van der Waals surface area (Å²) in [4.78, 5) is 23.0. The van der Waals surface area contributed by atoms with E-state index in [1.807, 2.05) is 12.1 Å². The number of carbonyl (C=O) groups is 1. The van der Waals surface area contributed by atoms with Crippen LogP contribution in [0.4, 0.5) is 13.6 Å². The maximum absolute atomic E-state index is 14.9. The number of hydrogen-bond donors (Lipinski definition) is 8. The highest BCUT2D eigenvalue weighted by Crippen LogP contribution is 2.34. The van der Waals surface area contributed by atoms with Crippen LogP contribution < -0.4 is 22.9 Å². The summed E-state index contributed by atoms with van der Waals surface area (Å²) >= 11 is 0. The predicted octanol–water partition coefficient (Wildman–Crippen LogP) is 2.50. The molecule has 67 heavy (non-hydrogen) atoms. The second kappa shape index (κ2) is 26.0. The number of halogens is 2. The van der Waals surface area contributed by atoms with Crippen molar-refractivity contribution in [2.75, 3.05) is 13.3 Å². The summed E-state index contributed by atoms with van der Waals surface area (Å²) in [6.07, 6.45) is -10.7. The quantitative estimate of drug-likeness (QED) is 0.0681.